The van der Waals surface area contributed by atoms with Crippen molar-refractivity contribution in [3.63, 3.8) is 0 Å². The number of hydrogen-bond donors (Lipinski definition) is 1. The van der Waals surface area contributed by atoms with Gasteiger partial charge in [-0.15, -0.1) is 0 Å². The van der Waals surface area contributed by atoms with Gasteiger partial charge in [0, 0.05) is 19.3 Å². The average molecular weight is 300 g/mol. The van der Waals surface area contributed by atoms with Crippen LogP contribution in [0.2, 0.25) is 0 Å². The van der Waals surface area contributed by atoms with Crippen LogP contribution in [0.3, 0.4) is 0 Å². The Balaban J connectivity index is 1.63. The Kier molecular flexibility index (Phi) is 4.04. The molecule has 0 bridgehead atoms. The molecule has 114 valence electrons. The summed E-state index contributed by atoms with van der Waals surface area (Å²) in [5, 5.41) is 9.29. The van der Waals surface area contributed by atoms with E-state index in [9.17, 15) is 14.3 Å². The third-order valence-corrected chi connectivity index (χ3v) is 3.99. The van der Waals surface area contributed by atoms with Gasteiger partial charge in [0.1, 0.15) is 5.75 Å². The minimum Gasteiger partial charge on any atom is -0.508 e. The van der Waals surface area contributed by atoms with Crippen LogP contribution in [0.5, 0.6) is 5.75 Å². The second kappa shape index (κ2) is 6.13. The minimum atomic E-state index is -0.575. The van der Waals surface area contributed by atoms with Crippen LogP contribution < -0.4 is 0 Å². The zero-order valence-electron chi connectivity index (χ0n) is 12.1. The first-order valence-corrected chi connectivity index (χ1v) is 7.31. The van der Waals surface area contributed by atoms with Gasteiger partial charge in [0.25, 0.3) is 5.91 Å². The number of nitrogens with zero attached hydrogens (tertiary/aromatic N) is 2. The maximum Gasteiger partial charge on any atom is 0.275 e. The normalized spacial score (nSPS) is 17.7. The molecule has 1 aliphatic heterocycles. The number of carbonyl (C=O) groups is 1. The van der Waals surface area contributed by atoms with Gasteiger partial charge in [-0.05, 0) is 48.6 Å². The summed E-state index contributed by atoms with van der Waals surface area (Å²) in [5.74, 6) is -0.321. The molecule has 1 saturated heterocycles. The second-order valence-electron chi connectivity index (χ2n) is 5.61. The number of amides is 1. The Bertz CT molecular complexity index is 673. The van der Waals surface area contributed by atoms with E-state index < -0.39 is 5.82 Å². The van der Waals surface area contributed by atoms with E-state index >= 15 is 0 Å². The Hall–Kier alpha value is -2.43. The lowest BCUT2D eigenvalue weighted by Gasteiger charge is -2.16. The van der Waals surface area contributed by atoms with Crippen LogP contribution in [0.1, 0.15) is 22.5 Å². The molecule has 1 unspecified atom stereocenters. The first-order valence-electron chi connectivity index (χ1n) is 7.31. The van der Waals surface area contributed by atoms with Gasteiger partial charge in [0.15, 0.2) is 11.5 Å². The smallest absolute Gasteiger partial charge is 0.275 e. The molecule has 2 heterocycles. The van der Waals surface area contributed by atoms with Gasteiger partial charge in [-0.2, -0.15) is 0 Å². The topological polar surface area (TPSA) is 53.4 Å². The highest BCUT2D eigenvalue weighted by Crippen LogP contribution is 2.23. The molecule has 5 heteroatoms. The lowest BCUT2D eigenvalue weighted by atomic mass is 9.99. The van der Waals surface area contributed by atoms with Crippen LogP contribution in [-0.2, 0) is 6.42 Å². The van der Waals surface area contributed by atoms with Gasteiger partial charge in [-0.1, -0.05) is 12.1 Å². The molecule has 0 radical (unpaired) electrons. The number of hydrogen-bond acceptors (Lipinski definition) is 3. The summed E-state index contributed by atoms with van der Waals surface area (Å²) < 4.78 is 13.6. The van der Waals surface area contributed by atoms with E-state index in [4.69, 9.17) is 0 Å². The molecule has 1 amide bonds. The molecule has 3 rings (SSSR count). The third kappa shape index (κ3) is 3.08. The van der Waals surface area contributed by atoms with Crippen molar-refractivity contribution in [2.75, 3.05) is 13.1 Å². The predicted molar refractivity (Wildman–Crippen MR) is 80.0 cm³/mol. The largest absolute Gasteiger partial charge is 0.508 e. The number of benzene rings is 1. The molecule has 1 aromatic heterocycles. The monoisotopic (exact) mass is 300 g/mol. The molecule has 1 atom stereocenters. The molecule has 1 N–H and O–H groups in total. The molecule has 2 aromatic rings. The van der Waals surface area contributed by atoms with Crippen molar-refractivity contribution in [1.82, 2.24) is 9.88 Å². The zero-order chi connectivity index (χ0) is 15.5. The van der Waals surface area contributed by atoms with E-state index in [1.54, 1.807) is 17.0 Å². The highest BCUT2D eigenvalue weighted by atomic mass is 19.1. The number of phenolic OH excluding ortho intramolecular Hbond substituents is 1. The van der Waals surface area contributed by atoms with Crippen molar-refractivity contribution in [1.29, 1.82) is 0 Å². The third-order valence-electron chi connectivity index (χ3n) is 3.99. The Labute approximate surface area is 128 Å². The standard InChI is InChI=1S/C17H17FN2O2/c18-15-2-1-8-19-16(15)17(22)20-9-7-13(11-20)10-12-3-5-14(21)6-4-12/h1-6,8,13,21H,7,9-11H2. The maximum absolute atomic E-state index is 13.6. The van der Waals surface area contributed by atoms with E-state index in [-0.39, 0.29) is 17.4 Å². The molecule has 1 aromatic carbocycles. The molecule has 1 aliphatic rings. The first kappa shape index (κ1) is 14.5. The first-order chi connectivity index (χ1) is 10.6. The number of carbonyl (C=O) groups excluding carboxylic acids is 1. The van der Waals surface area contributed by atoms with E-state index in [1.807, 2.05) is 12.1 Å². The highest BCUT2D eigenvalue weighted by Gasteiger charge is 2.29. The van der Waals surface area contributed by atoms with E-state index in [0.717, 1.165) is 18.4 Å². The van der Waals surface area contributed by atoms with Crippen LogP contribution in [0.25, 0.3) is 0 Å². The van der Waals surface area contributed by atoms with E-state index in [0.29, 0.717) is 19.0 Å². The van der Waals surface area contributed by atoms with Crippen molar-refractivity contribution in [2.45, 2.75) is 12.8 Å². The molecule has 4 nitrogen and oxygen atoms in total. The lowest BCUT2D eigenvalue weighted by Crippen LogP contribution is -2.30. The quantitative estimate of drug-likeness (QED) is 0.948. The van der Waals surface area contributed by atoms with Gasteiger partial charge >= 0.3 is 0 Å². The second-order valence-corrected chi connectivity index (χ2v) is 5.61. The summed E-state index contributed by atoms with van der Waals surface area (Å²) in [4.78, 5) is 17.8. The number of likely N-dealkylation sites (tertiary alicyclic amines) is 1. The Morgan fingerprint density at radius 1 is 1.32 bits per heavy atom. The fraction of sp³-hybridized carbons (Fsp3) is 0.294. The van der Waals surface area contributed by atoms with Crippen LogP contribution in [0.15, 0.2) is 42.6 Å². The molecule has 0 spiro atoms. The Morgan fingerprint density at radius 2 is 2.09 bits per heavy atom. The Morgan fingerprint density at radius 3 is 2.82 bits per heavy atom. The number of aromatic nitrogens is 1. The van der Waals surface area contributed by atoms with Crippen LogP contribution in [0.4, 0.5) is 4.39 Å². The number of halogens is 1. The molecule has 0 saturated carbocycles. The van der Waals surface area contributed by atoms with Crippen molar-refractivity contribution in [3.05, 3.63) is 59.7 Å². The number of aromatic hydroxyl groups is 1. The van der Waals surface area contributed by atoms with Gasteiger partial charge < -0.3 is 10.0 Å². The van der Waals surface area contributed by atoms with Gasteiger partial charge in [0.2, 0.25) is 0 Å². The molecule has 22 heavy (non-hydrogen) atoms. The summed E-state index contributed by atoms with van der Waals surface area (Å²) in [6.07, 6.45) is 3.16. The summed E-state index contributed by atoms with van der Waals surface area (Å²) >= 11 is 0. The number of rotatable bonds is 3. The molecule has 1 fully saturated rings. The average Bonchev–Trinajstić information content (AvgIpc) is 2.98. The van der Waals surface area contributed by atoms with Crippen molar-refractivity contribution in [2.24, 2.45) is 5.92 Å². The predicted octanol–water partition coefficient (Wildman–Crippen LogP) is 2.63. The fourth-order valence-electron chi connectivity index (χ4n) is 2.84. The van der Waals surface area contributed by atoms with Crippen molar-refractivity contribution >= 4 is 5.91 Å². The molecular weight excluding hydrogens is 283 g/mol. The van der Waals surface area contributed by atoms with Gasteiger partial charge in [0.05, 0.1) is 0 Å². The SMILES string of the molecule is O=C(c1ncccc1F)N1CCC(Cc2ccc(O)cc2)C1. The van der Waals surface area contributed by atoms with Crippen LogP contribution in [0, 0.1) is 11.7 Å². The van der Waals surface area contributed by atoms with Crippen molar-refractivity contribution in [3.8, 4) is 5.75 Å². The maximum atomic E-state index is 13.6. The van der Waals surface area contributed by atoms with E-state index in [1.165, 1.54) is 18.3 Å². The number of phenols is 1. The lowest BCUT2D eigenvalue weighted by molar-refractivity contribution is 0.0776. The van der Waals surface area contributed by atoms with Gasteiger partial charge in [-0.25, -0.2) is 9.37 Å². The summed E-state index contributed by atoms with van der Waals surface area (Å²) in [6.45, 7) is 1.23. The summed E-state index contributed by atoms with van der Waals surface area (Å²) in [5.41, 5.74) is 1.02. The van der Waals surface area contributed by atoms with E-state index in [2.05, 4.69) is 4.98 Å². The minimum absolute atomic E-state index is 0.104. The summed E-state index contributed by atoms with van der Waals surface area (Å²) in [7, 11) is 0. The van der Waals surface area contributed by atoms with Crippen LogP contribution >= 0.6 is 0 Å². The fourth-order valence-corrected chi connectivity index (χ4v) is 2.84. The highest BCUT2D eigenvalue weighted by molar-refractivity contribution is 5.92. The van der Waals surface area contributed by atoms with Crippen LogP contribution in [-0.4, -0.2) is 34.0 Å². The summed E-state index contributed by atoms with van der Waals surface area (Å²) in [6, 6.07) is 9.83. The number of pyridine rings is 1. The molecular formula is C17H17FN2O2. The van der Waals surface area contributed by atoms with Crippen molar-refractivity contribution < 1.29 is 14.3 Å². The molecule has 0 aliphatic carbocycles. The zero-order valence-corrected chi connectivity index (χ0v) is 12.1. The van der Waals surface area contributed by atoms with Gasteiger partial charge in [-0.3, -0.25) is 4.79 Å².